The molecule has 6 rings (SSSR count). The summed E-state index contributed by atoms with van der Waals surface area (Å²) in [7, 11) is 0. The van der Waals surface area contributed by atoms with Crippen molar-refractivity contribution in [3.05, 3.63) is 52.6 Å². The molecule has 0 saturated carbocycles. The minimum Gasteiger partial charge on any atom is -0.543 e. The number of hydrogen-bond donors (Lipinski definition) is 4. The maximum atomic E-state index is 15.5. The van der Waals surface area contributed by atoms with Crippen LogP contribution in [0.1, 0.15) is 26.5 Å². The number of oxime groups is 1. The number of halogens is 1. The van der Waals surface area contributed by atoms with Crippen molar-refractivity contribution in [3.63, 3.8) is 0 Å². The zero-order valence-electron chi connectivity index (χ0n) is 27.8. The second-order valence-electron chi connectivity index (χ2n) is 12.3. The van der Waals surface area contributed by atoms with Gasteiger partial charge < -0.3 is 41.1 Å². The van der Waals surface area contributed by atoms with Crippen LogP contribution in [0.4, 0.5) is 15.2 Å². The maximum absolute atomic E-state index is 15.5. The summed E-state index contributed by atoms with van der Waals surface area (Å²) < 4.78 is 17.6. The Hall–Kier alpha value is -4.46. The van der Waals surface area contributed by atoms with E-state index in [0.29, 0.717) is 36.3 Å². The van der Waals surface area contributed by atoms with Gasteiger partial charge in [-0.15, -0.1) is 34.9 Å². The molecule has 51 heavy (non-hydrogen) atoms. The minimum absolute atomic E-state index is 0.00328. The first-order valence-corrected chi connectivity index (χ1v) is 18.9. The Morgan fingerprint density at radius 2 is 2.06 bits per heavy atom. The average Bonchev–Trinajstić information content (AvgIpc) is 3.54. The fraction of sp³-hybridized carbons (Fsp3) is 0.406. The largest absolute Gasteiger partial charge is 0.543 e. The number of nitrogen functional groups attached to an aromatic ring is 1. The first kappa shape index (κ1) is 36.3. The van der Waals surface area contributed by atoms with Gasteiger partial charge in [-0.3, -0.25) is 14.5 Å². The molecule has 5 N–H and O–H groups in total. The van der Waals surface area contributed by atoms with Crippen molar-refractivity contribution in [2.45, 2.75) is 49.2 Å². The lowest BCUT2D eigenvalue weighted by Crippen LogP contribution is -2.71. The number of carbonyl (C=O) groups excluding carboxylic acids is 3. The molecule has 0 aliphatic carbocycles. The van der Waals surface area contributed by atoms with E-state index in [9.17, 15) is 29.4 Å². The topological polar surface area (TPSA) is 206 Å². The third kappa shape index (κ3) is 7.19. The van der Waals surface area contributed by atoms with Crippen molar-refractivity contribution in [2.75, 3.05) is 48.3 Å². The molecule has 15 nitrogen and oxygen atoms in total. The number of hydrogen-bond acceptors (Lipinski definition) is 14. The van der Waals surface area contributed by atoms with Crippen LogP contribution >= 0.6 is 34.9 Å². The van der Waals surface area contributed by atoms with Crippen LogP contribution in [0.2, 0.25) is 0 Å². The lowest BCUT2D eigenvalue weighted by Gasteiger charge is -2.50. The molecule has 3 aliphatic heterocycles. The number of pyridine rings is 1. The van der Waals surface area contributed by atoms with Gasteiger partial charge in [0, 0.05) is 60.1 Å². The summed E-state index contributed by atoms with van der Waals surface area (Å²) >= 11 is 3.62. The quantitative estimate of drug-likeness (QED) is 0.0655. The van der Waals surface area contributed by atoms with E-state index in [1.54, 1.807) is 0 Å². The number of thioether (sulfide) groups is 2. The number of piperazine rings is 1. The number of rotatable bonds is 12. The Morgan fingerprint density at radius 1 is 1.31 bits per heavy atom. The number of carbonyl (C=O) groups is 4. The number of nitrogens with one attached hydrogen (secondary N) is 2. The van der Waals surface area contributed by atoms with Gasteiger partial charge in [0.25, 0.3) is 11.8 Å². The smallest absolute Gasteiger partial charge is 0.350 e. The predicted molar refractivity (Wildman–Crippen MR) is 189 cm³/mol. The Bertz CT molecular complexity index is 1980. The van der Waals surface area contributed by atoms with E-state index in [1.807, 2.05) is 34.7 Å². The summed E-state index contributed by atoms with van der Waals surface area (Å²) in [5.41, 5.74) is 5.09. The van der Waals surface area contributed by atoms with E-state index in [2.05, 4.69) is 20.8 Å². The summed E-state index contributed by atoms with van der Waals surface area (Å²) in [6.45, 7) is 8.06. The number of carboxylic acid groups (broad SMARTS) is 2. The number of fused-ring (bicyclic) bond motifs is 2. The van der Waals surface area contributed by atoms with Crippen LogP contribution < -0.4 is 30.9 Å². The Morgan fingerprint density at radius 3 is 2.71 bits per heavy atom. The number of aliphatic carboxylic acids is 2. The number of nitrogens with two attached hydrogens (primary N) is 1. The first-order valence-electron chi connectivity index (χ1n) is 15.9. The number of aryl methyl sites for hydroxylation is 1. The van der Waals surface area contributed by atoms with Gasteiger partial charge in [0.05, 0.1) is 22.7 Å². The second-order valence-corrected chi connectivity index (χ2v) is 15.3. The monoisotopic (exact) mass is 758 g/mol. The summed E-state index contributed by atoms with van der Waals surface area (Å²) in [6.07, 6.45) is 1.92. The number of nitrogens with zero attached hydrogens (tertiary/aromatic N) is 5. The van der Waals surface area contributed by atoms with E-state index in [-0.39, 0.29) is 33.8 Å². The average molecular weight is 759 g/mol. The normalized spacial score (nSPS) is 19.5. The van der Waals surface area contributed by atoms with Gasteiger partial charge in [-0.2, -0.15) is 4.57 Å². The number of amides is 2. The van der Waals surface area contributed by atoms with Gasteiger partial charge in [-0.05, 0) is 32.4 Å². The fourth-order valence-corrected chi connectivity index (χ4v) is 8.89. The summed E-state index contributed by atoms with van der Waals surface area (Å²) in [5, 5.41) is 32.9. The lowest BCUT2D eigenvalue weighted by molar-refractivity contribution is -0.668. The van der Waals surface area contributed by atoms with Crippen LogP contribution in [0.3, 0.4) is 0 Å². The van der Waals surface area contributed by atoms with Crippen LogP contribution in [-0.4, -0.2) is 99.2 Å². The molecule has 2 atom stereocenters. The highest BCUT2D eigenvalue weighted by Gasteiger charge is 2.53. The molecule has 2 amide bonds. The summed E-state index contributed by atoms with van der Waals surface area (Å²) in [6, 6.07) is 4.13. The molecule has 270 valence electrons. The van der Waals surface area contributed by atoms with E-state index in [4.69, 9.17) is 10.6 Å². The van der Waals surface area contributed by atoms with Crippen LogP contribution in [0.5, 0.6) is 0 Å². The number of thiazole rings is 1. The molecule has 2 aromatic heterocycles. The van der Waals surface area contributed by atoms with E-state index >= 15 is 4.39 Å². The predicted octanol–water partition coefficient (Wildman–Crippen LogP) is 0.515. The highest BCUT2D eigenvalue weighted by Crippen LogP contribution is 2.42. The zero-order valence-corrected chi connectivity index (χ0v) is 30.3. The van der Waals surface area contributed by atoms with Crippen LogP contribution in [0, 0.1) is 5.82 Å². The number of benzene rings is 1. The fourth-order valence-electron chi connectivity index (χ4n) is 5.82. The molecule has 19 heteroatoms. The van der Waals surface area contributed by atoms with Gasteiger partial charge >= 0.3 is 5.97 Å². The van der Waals surface area contributed by atoms with Crippen molar-refractivity contribution >= 4 is 86.0 Å². The van der Waals surface area contributed by atoms with E-state index in [1.165, 1.54) is 48.8 Å². The molecule has 0 spiro atoms. The number of β-lactam (4-membered cyclic amide) rings is 1. The Balaban J connectivity index is 1.21. The Labute approximate surface area is 304 Å². The molecule has 1 aromatic carbocycles. The van der Waals surface area contributed by atoms with Gasteiger partial charge in [-0.25, -0.2) is 14.2 Å². The maximum Gasteiger partial charge on any atom is 0.350 e. The first-order chi connectivity index (χ1) is 24.3. The van der Waals surface area contributed by atoms with E-state index < -0.39 is 46.5 Å². The number of aromatic nitrogens is 2. The number of anilines is 2. The third-order valence-electron chi connectivity index (χ3n) is 8.63. The molecular weight excluding hydrogens is 724 g/mol. The minimum atomic E-state index is -1.79. The van der Waals surface area contributed by atoms with Crippen molar-refractivity contribution in [3.8, 4) is 0 Å². The van der Waals surface area contributed by atoms with Gasteiger partial charge in [0.1, 0.15) is 29.5 Å². The molecule has 3 aromatic rings. The lowest BCUT2D eigenvalue weighted by atomic mass is 10.0. The van der Waals surface area contributed by atoms with Crippen LogP contribution in [0.25, 0.3) is 10.9 Å². The molecule has 5 heterocycles. The third-order valence-corrected chi connectivity index (χ3v) is 11.8. The molecule has 0 bridgehead atoms. The summed E-state index contributed by atoms with van der Waals surface area (Å²) in [5.74, 6) is -4.37. The molecule has 0 radical (unpaired) electrons. The Kier molecular flexibility index (Phi) is 10.4. The highest BCUT2D eigenvalue weighted by atomic mass is 32.2. The second kappa shape index (κ2) is 14.6. The SMILES string of the molecule is CC[n+]1ccc(SCC2=C(C(=O)[O-])N3C(=O)C(NC(=O)/C(=N\OC(C)(C)C(=O)O)c4csc(N)n4)[C@H]3SC2)c2cc(F)c(N3CCNCC3)cc21. The van der Waals surface area contributed by atoms with Crippen LogP contribution in [0.15, 0.2) is 51.1 Å². The molecular formula is C32H35FN8O7S3. The van der Waals surface area contributed by atoms with Crippen molar-refractivity contribution in [2.24, 2.45) is 5.16 Å². The molecule has 1 unspecified atom stereocenters. The van der Waals surface area contributed by atoms with Crippen molar-refractivity contribution in [1.29, 1.82) is 0 Å². The van der Waals surface area contributed by atoms with Crippen LogP contribution in [-0.2, 0) is 30.6 Å². The van der Waals surface area contributed by atoms with Gasteiger partial charge in [0.15, 0.2) is 17.0 Å². The van der Waals surface area contributed by atoms with E-state index in [0.717, 1.165) is 39.7 Å². The molecule has 2 fully saturated rings. The van der Waals surface area contributed by atoms with Gasteiger partial charge in [0.2, 0.25) is 11.1 Å². The highest BCUT2D eigenvalue weighted by molar-refractivity contribution is 8.01. The summed E-state index contributed by atoms with van der Waals surface area (Å²) in [4.78, 5) is 63.8. The number of carboxylic acids is 2. The molecule has 3 aliphatic rings. The zero-order chi connectivity index (χ0) is 36.6. The van der Waals surface area contributed by atoms with Crippen molar-refractivity contribution < 1.29 is 43.2 Å². The standard InChI is InChI=1S/C32H35FN8O7S3/c1-4-39-8-5-22(17-11-18(33)21(12-20(17)39)40-9-6-35-7-10-40)49-13-16-14-50-28-24(27(43)41(28)25(16)29(44)45)37-26(42)23(19-15-51-31(34)36-19)38-48-32(2,3)30(46)47/h5,8,11-12,15,24,28,35H,4,6-7,9-10,13-14H2,1-3H3,(H4-,34,36,37,42,44,45,46,47)/b38-23-/t24?,28-/m1/s1. The van der Waals surface area contributed by atoms with Crippen molar-refractivity contribution in [1.82, 2.24) is 20.5 Å². The molecule has 2 saturated heterocycles. The van der Waals surface area contributed by atoms with Gasteiger partial charge in [-0.1, -0.05) is 5.16 Å².